The Morgan fingerprint density at radius 2 is 2.11 bits per heavy atom. The smallest absolute Gasteiger partial charge is 0.356 e. The minimum atomic E-state index is -0.421. The van der Waals surface area contributed by atoms with Crippen LogP contribution in [-0.4, -0.2) is 64.1 Å². The fourth-order valence-electron chi connectivity index (χ4n) is 4.18. The summed E-state index contributed by atoms with van der Waals surface area (Å²) in [4.78, 5) is 19.9. The van der Waals surface area contributed by atoms with Gasteiger partial charge in [-0.2, -0.15) is 0 Å². The number of nitrogens with zero attached hydrogens (tertiary/aromatic N) is 3. The van der Waals surface area contributed by atoms with Gasteiger partial charge in [0.15, 0.2) is 11.6 Å². The summed E-state index contributed by atoms with van der Waals surface area (Å²) in [5, 5.41) is 4.96. The number of hydrogen-bond acceptors (Lipinski definition) is 10. The zero-order chi connectivity index (χ0) is 24.8. The molecule has 0 spiro atoms. The number of nitrogen functional groups attached to an aromatic ring is 1. The second kappa shape index (κ2) is 11.4. The van der Waals surface area contributed by atoms with Crippen LogP contribution in [0.4, 0.5) is 23.0 Å². The Labute approximate surface area is 206 Å². The van der Waals surface area contributed by atoms with E-state index in [1.165, 1.54) is 0 Å². The number of ether oxygens (including phenoxy) is 3. The van der Waals surface area contributed by atoms with E-state index in [1.807, 2.05) is 37.3 Å². The lowest BCUT2D eigenvalue weighted by molar-refractivity contribution is -0.138. The summed E-state index contributed by atoms with van der Waals surface area (Å²) in [6, 6.07) is 9.85. The molecule has 1 aromatic heterocycles. The first-order valence-electron chi connectivity index (χ1n) is 11.9. The van der Waals surface area contributed by atoms with Gasteiger partial charge in [-0.15, -0.1) is 0 Å². The maximum atomic E-state index is 12.9. The summed E-state index contributed by atoms with van der Waals surface area (Å²) in [6.07, 6.45) is 1.87. The molecule has 0 radical (unpaired) electrons. The molecule has 2 aromatic rings. The Kier molecular flexibility index (Phi) is 8.06. The van der Waals surface area contributed by atoms with Gasteiger partial charge in [0.1, 0.15) is 5.70 Å². The molecular weight excluding hydrogens is 448 g/mol. The number of carbonyl (C=O) groups excluding carboxylic acids is 1. The number of aryl methyl sites for hydroxylation is 1. The Morgan fingerprint density at radius 3 is 2.83 bits per heavy atom. The highest BCUT2D eigenvalue weighted by atomic mass is 16.5. The van der Waals surface area contributed by atoms with Crippen LogP contribution in [0.15, 0.2) is 42.1 Å². The summed E-state index contributed by atoms with van der Waals surface area (Å²) in [7, 11) is 1.64. The van der Waals surface area contributed by atoms with Gasteiger partial charge in [0.25, 0.3) is 0 Å². The van der Waals surface area contributed by atoms with Crippen molar-refractivity contribution >= 4 is 29.0 Å². The highest BCUT2D eigenvalue weighted by Crippen LogP contribution is 2.37. The van der Waals surface area contributed by atoms with Crippen LogP contribution in [0.3, 0.4) is 0 Å². The Morgan fingerprint density at radius 1 is 1.31 bits per heavy atom. The van der Waals surface area contributed by atoms with Gasteiger partial charge in [-0.25, -0.2) is 15.2 Å². The van der Waals surface area contributed by atoms with Gasteiger partial charge in [-0.05, 0) is 25.5 Å². The molecule has 10 nitrogen and oxygen atoms in total. The number of hydrazine groups is 1. The maximum Gasteiger partial charge on any atom is 0.356 e. The molecule has 0 bridgehead atoms. The van der Waals surface area contributed by atoms with Crippen LogP contribution in [0, 0.1) is 6.92 Å². The summed E-state index contributed by atoms with van der Waals surface area (Å²) in [5.74, 6) is 0.649. The molecule has 2 aliphatic rings. The Hall–Kier alpha value is -3.34. The first-order chi connectivity index (χ1) is 17.0. The van der Waals surface area contributed by atoms with E-state index in [0.717, 1.165) is 16.8 Å². The molecular formula is C25H34N6O4. The molecule has 4 rings (SSSR count). The number of rotatable bonds is 9. The molecule has 1 aromatic carbocycles. The number of esters is 1. The van der Waals surface area contributed by atoms with Crippen LogP contribution < -0.4 is 26.4 Å². The average Bonchev–Trinajstić information content (AvgIpc) is 3.32. The lowest BCUT2D eigenvalue weighted by Crippen LogP contribution is -2.39. The predicted molar refractivity (Wildman–Crippen MR) is 136 cm³/mol. The monoisotopic (exact) mass is 482 g/mol. The van der Waals surface area contributed by atoms with Gasteiger partial charge in [0, 0.05) is 32.8 Å². The van der Waals surface area contributed by atoms with Gasteiger partial charge in [0.05, 0.1) is 43.8 Å². The van der Waals surface area contributed by atoms with Crippen LogP contribution >= 0.6 is 0 Å². The summed E-state index contributed by atoms with van der Waals surface area (Å²) >= 11 is 0. The van der Waals surface area contributed by atoms with E-state index in [4.69, 9.17) is 24.9 Å². The van der Waals surface area contributed by atoms with Crippen molar-refractivity contribution in [2.24, 2.45) is 0 Å². The highest BCUT2D eigenvalue weighted by Gasteiger charge is 2.33. The number of morpholine rings is 1. The van der Waals surface area contributed by atoms with Crippen molar-refractivity contribution in [3.05, 3.63) is 53.2 Å². The van der Waals surface area contributed by atoms with E-state index >= 15 is 0 Å². The Balaban J connectivity index is 1.73. The van der Waals surface area contributed by atoms with Crippen LogP contribution in [-0.2, 0) is 19.0 Å². The normalized spacial score (nSPS) is 17.9. The molecule has 3 heterocycles. The van der Waals surface area contributed by atoms with Gasteiger partial charge in [0.2, 0.25) is 0 Å². The quantitative estimate of drug-likeness (QED) is 0.364. The first kappa shape index (κ1) is 24.8. The largest absolute Gasteiger partial charge is 0.461 e. The number of nitrogens with one attached hydrogen (secondary N) is 2. The van der Waals surface area contributed by atoms with Gasteiger partial charge in [-0.1, -0.05) is 29.8 Å². The standard InChI is InChI=1S/C25H34N6O4/c1-4-35-25(32)21-15-19(18-7-5-6-17(2)14-18)29-31(21)22-16-20(30-9-12-34-13-10-30)23(26)24(28-22)27-8-11-33-3/h5-7,14-16,19,29H,4,8-13,26H2,1-3H3,(H,27,28). The van der Waals surface area contributed by atoms with Crippen molar-refractivity contribution in [3.63, 3.8) is 0 Å². The number of aromatic nitrogens is 1. The average molecular weight is 483 g/mol. The summed E-state index contributed by atoms with van der Waals surface area (Å²) < 4.78 is 16.1. The fraction of sp³-hybridized carbons (Fsp3) is 0.440. The molecule has 0 aliphatic carbocycles. The van der Waals surface area contributed by atoms with Crippen molar-refractivity contribution in [1.82, 2.24) is 10.4 Å². The third kappa shape index (κ3) is 5.67. The van der Waals surface area contributed by atoms with E-state index in [2.05, 4.69) is 21.7 Å². The van der Waals surface area contributed by atoms with E-state index in [0.29, 0.717) is 62.5 Å². The topological polar surface area (TPSA) is 114 Å². The molecule has 1 unspecified atom stereocenters. The molecule has 0 saturated carbocycles. The van der Waals surface area contributed by atoms with Gasteiger partial charge in [-0.3, -0.25) is 5.01 Å². The second-order valence-electron chi connectivity index (χ2n) is 8.41. The summed E-state index contributed by atoms with van der Waals surface area (Å²) in [6.45, 7) is 7.82. The summed E-state index contributed by atoms with van der Waals surface area (Å²) in [5.41, 5.74) is 13.9. The minimum Gasteiger partial charge on any atom is -0.461 e. The molecule has 188 valence electrons. The maximum absolute atomic E-state index is 12.9. The molecule has 0 amide bonds. The zero-order valence-electron chi connectivity index (χ0n) is 20.5. The molecule has 1 saturated heterocycles. The number of anilines is 4. The number of pyridine rings is 1. The number of carbonyl (C=O) groups is 1. The lowest BCUT2D eigenvalue weighted by Gasteiger charge is -2.32. The Bertz CT molecular complexity index is 1070. The van der Waals surface area contributed by atoms with Crippen molar-refractivity contribution in [2.45, 2.75) is 19.9 Å². The molecule has 35 heavy (non-hydrogen) atoms. The predicted octanol–water partition coefficient (Wildman–Crippen LogP) is 2.38. The van der Waals surface area contributed by atoms with E-state index in [-0.39, 0.29) is 12.6 Å². The fourth-order valence-corrected chi connectivity index (χ4v) is 4.18. The minimum absolute atomic E-state index is 0.217. The van der Waals surface area contributed by atoms with Crippen molar-refractivity contribution in [3.8, 4) is 0 Å². The molecule has 1 atom stereocenters. The number of hydrogen-bond donors (Lipinski definition) is 3. The molecule has 10 heteroatoms. The van der Waals surface area contributed by atoms with Crippen molar-refractivity contribution < 1.29 is 19.0 Å². The van der Waals surface area contributed by atoms with E-state index < -0.39 is 5.97 Å². The van der Waals surface area contributed by atoms with Crippen LogP contribution in [0.5, 0.6) is 0 Å². The first-order valence-corrected chi connectivity index (χ1v) is 11.9. The lowest BCUT2D eigenvalue weighted by atomic mass is 10.0. The van der Waals surface area contributed by atoms with Gasteiger partial charge >= 0.3 is 5.97 Å². The zero-order valence-corrected chi connectivity index (χ0v) is 20.5. The van der Waals surface area contributed by atoms with Crippen molar-refractivity contribution in [2.75, 3.05) is 74.1 Å². The van der Waals surface area contributed by atoms with Crippen LogP contribution in [0.25, 0.3) is 0 Å². The van der Waals surface area contributed by atoms with E-state index in [1.54, 1.807) is 19.0 Å². The van der Waals surface area contributed by atoms with Gasteiger partial charge < -0.3 is 30.2 Å². The van der Waals surface area contributed by atoms with E-state index in [9.17, 15) is 4.79 Å². The second-order valence-corrected chi connectivity index (χ2v) is 8.41. The highest BCUT2D eigenvalue weighted by molar-refractivity contribution is 5.94. The third-order valence-electron chi connectivity index (χ3n) is 5.92. The van der Waals surface area contributed by atoms with Crippen LogP contribution in [0.1, 0.15) is 24.1 Å². The van der Waals surface area contributed by atoms with Crippen LogP contribution in [0.2, 0.25) is 0 Å². The number of methoxy groups -OCH3 is 1. The molecule has 4 N–H and O–H groups in total. The SMILES string of the molecule is CCOC(=O)C1=CC(c2cccc(C)c2)NN1c1cc(N2CCOCC2)c(N)c(NCCOC)n1. The molecule has 2 aliphatic heterocycles. The number of nitrogens with two attached hydrogens (primary N) is 1. The third-order valence-corrected chi connectivity index (χ3v) is 5.92. The number of benzene rings is 1. The van der Waals surface area contributed by atoms with Crippen molar-refractivity contribution in [1.29, 1.82) is 0 Å². The molecule has 1 fully saturated rings.